The largest absolute Gasteiger partial charge is 0.0654 e. The van der Waals surface area contributed by atoms with E-state index in [0.717, 1.165) is 23.7 Å². The zero-order valence-corrected chi connectivity index (χ0v) is 11.4. The molecule has 0 saturated heterocycles. The minimum absolute atomic E-state index is 1.02. The molecule has 94 valence electrons. The fraction of sp³-hybridized carbons (Fsp3) is 1.00. The standard InChI is InChI=1S/C16H30/c1-3-7-15-10-6-11-16(15)13(2)12-14-8-4-5-9-14/h13-16H,3-12H2,1-2H3. The molecule has 0 bridgehead atoms. The Morgan fingerprint density at radius 2 is 1.75 bits per heavy atom. The fourth-order valence-corrected chi connectivity index (χ4v) is 4.49. The highest BCUT2D eigenvalue weighted by atomic mass is 14.4. The first-order valence-electron chi connectivity index (χ1n) is 7.81. The van der Waals surface area contributed by atoms with Crippen LogP contribution in [0.5, 0.6) is 0 Å². The van der Waals surface area contributed by atoms with Crippen molar-refractivity contribution in [3.05, 3.63) is 0 Å². The van der Waals surface area contributed by atoms with E-state index in [1.165, 1.54) is 51.4 Å². The Bertz CT molecular complexity index is 190. The van der Waals surface area contributed by atoms with Gasteiger partial charge in [0, 0.05) is 0 Å². The van der Waals surface area contributed by atoms with Crippen LogP contribution in [0.2, 0.25) is 0 Å². The molecular weight excluding hydrogens is 192 g/mol. The number of rotatable bonds is 5. The zero-order chi connectivity index (χ0) is 11.4. The summed E-state index contributed by atoms with van der Waals surface area (Å²) in [5.74, 6) is 4.28. The van der Waals surface area contributed by atoms with Crippen molar-refractivity contribution in [1.82, 2.24) is 0 Å². The van der Waals surface area contributed by atoms with E-state index in [0.29, 0.717) is 0 Å². The van der Waals surface area contributed by atoms with Crippen LogP contribution in [0, 0.1) is 23.7 Å². The average molecular weight is 222 g/mol. The summed E-state index contributed by atoms with van der Waals surface area (Å²) >= 11 is 0. The van der Waals surface area contributed by atoms with Gasteiger partial charge in [-0.3, -0.25) is 0 Å². The third-order valence-corrected chi connectivity index (χ3v) is 5.29. The van der Waals surface area contributed by atoms with Crippen LogP contribution in [0.15, 0.2) is 0 Å². The van der Waals surface area contributed by atoms with Crippen LogP contribution in [0.3, 0.4) is 0 Å². The molecule has 0 amide bonds. The van der Waals surface area contributed by atoms with E-state index >= 15 is 0 Å². The molecule has 2 aliphatic carbocycles. The van der Waals surface area contributed by atoms with E-state index in [1.807, 2.05) is 0 Å². The molecular formula is C16H30. The lowest BCUT2D eigenvalue weighted by molar-refractivity contribution is 0.225. The summed E-state index contributed by atoms with van der Waals surface area (Å²) in [4.78, 5) is 0. The normalized spacial score (nSPS) is 33.4. The SMILES string of the molecule is CCCC1CCCC1C(C)CC1CCCC1. The molecule has 0 heteroatoms. The molecule has 2 aliphatic rings. The van der Waals surface area contributed by atoms with Gasteiger partial charge >= 0.3 is 0 Å². The molecule has 0 nitrogen and oxygen atoms in total. The van der Waals surface area contributed by atoms with Crippen LogP contribution in [-0.2, 0) is 0 Å². The van der Waals surface area contributed by atoms with E-state index in [1.54, 1.807) is 12.8 Å². The van der Waals surface area contributed by atoms with E-state index in [4.69, 9.17) is 0 Å². The average Bonchev–Trinajstić information content (AvgIpc) is 2.89. The number of hydrogen-bond donors (Lipinski definition) is 0. The summed E-state index contributed by atoms with van der Waals surface area (Å²) in [5, 5.41) is 0. The Labute approximate surface area is 102 Å². The minimum atomic E-state index is 1.02. The van der Waals surface area contributed by atoms with Gasteiger partial charge in [0.1, 0.15) is 0 Å². The molecule has 3 unspecified atom stereocenters. The van der Waals surface area contributed by atoms with Crippen LogP contribution in [0.1, 0.15) is 78.1 Å². The van der Waals surface area contributed by atoms with E-state index in [9.17, 15) is 0 Å². The van der Waals surface area contributed by atoms with Crippen LogP contribution < -0.4 is 0 Å². The van der Waals surface area contributed by atoms with Gasteiger partial charge in [-0.05, 0) is 36.5 Å². The highest BCUT2D eigenvalue weighted by Crippen LogP contribution is 2.43. The second-order valence-corrected chi connectivity index (χ2v) is 6.51. The maximum atomic E-state index is 2.55. The molecule has 2 saturated carbocycles. The minimum Gasteiger partial charge on any atom is -0.0654 e. The van der Waals surface area contributed by atoms with Crippen molar-refractivity contribution >= 4 is 0 Å². The van der Waals surface area contributed by atoms with Crippen LogP contribution in [-0.4, -0.2) is 0 Å². The predicted molar refractivity (Wildman–Crippen MR) is 71.5 cm³/mol. The summed E-state index contributed by atoms with van der Waals surface area (Å²) < 4.78 is 0. The van der Waals surface area contributed by atoms with Crippen LogP contribution in [0.25, 0.3) is 0 Å². The molecule has 2 fully saturated rings. The highest BCUT2D eigenvalue weighted by molar-refractivity contribution is 4.83. The summed E-state index contributed by atoms with van der Waals surface area (Å²) in [5.41, 5.74) is 0. The van der Waals surface area contributed by atoms with Crippen LogP contribution in [0.4, 0.5) is 0 Å². The van der Waals surface area contributed by atoms with Gasteiger partial charge < -0.3 is 0 Å². The molecule has 0 aliphatic heterocycles. The maximum absolute atomic E-state index is 2.55. The van der Waals surface area contributed by atoms with Gasteiger partial charge in [0.15, 0.2) is 0 Å². The molecule has 0 heterocycles. The molecule has 0 aromatic carbocycles. The van der Waals surface area contributed by atoms with Crippen molar-refractivity contribution in [1.29, 1.82) is 0 Å². The van der Waals surface area contributed by atoms with E-state index in [-0.39, 0.29) is 0 Å². The monoisotopic (exact) mass is 222 g/mol. The third-order valence-electron chi connectivity index (χ3n) is 5.29. The Kier molecular flexibility index (Phi) is 4.73. The van der Waals surface area contributed by atoms with Crippen molar-refractivity contribution in [3.8, 4) is 0 Å². The van der Waals surface area contributed by atoms with Crippen molar-refractivity contribution in [3.63, 3.8) is 0 Å². The molecule has 2 rings (SSSR count). The lowest BCUT2D eigenvalue weighted by atomic mass is 9.78. The Hall–Kier alpha value is 0. The van der Waals surface area contributed by atoms with Crippen molar-refractivity contribution in [2.24, 2.45) is 23.7 Å². The molecule has 0 N–H and O–H groups in total. The first-order chi connectivity index (χ1) is 7.81. The third kappa shape index (κ3) is 3.02. The second-order valence-electron chi connectivity index (χ2n) is 6.51. The Balaban J connectivity index is 1.80. The highest BCUT2D eigenvalue weighted by Gasteiger charge is 2.32. The first-order valence-corrected chi connectivity index (χ1v) is 7.81. The van der Waals surface area contributed by atoms with Crippen molar-refractivity contribution < 1.29 is 0 Å². The topological polar surface area (TPSA) is 0 Å². The van der Waals surface area contributed by atoms with Gasteiger partial charge in [-0.1, -0.05) is 65.2 Å². The van der Waals surface area contributed by atoms with Crippen molar-refractivity contribution in [2.45, 2.75) is 78.1 Å². The first kappa shape index (κ1) is 12.5. The van der Waals surface area contributed by atoms with Gasteiger partial charge in [-0.15, -0.1) is 0 Å². The van der Waals surface area contributed by atoms with Gasteiger partial charge in [-0.25, -0.2) is 0 Å². The molecule has 3 atom stereocenters. The smallest absolute Gasteiger partial charge is 0.0360 e. The van der Waals surface area contributed by atoms with Gasteiger partial charge in [0.2, 0.25) is 0 Å². The molecule has 0 spiro atoms. The van der Waals surface area contributed by atoms with Crippen molar-refractivity contribution in [2.75, 3.05) is 0 Å². The summed E-state index contributed by atoms with van der Waals surface area (Å²) in [7, 11) is 0. The summed E-state index contributed by atoms with van der Waals surface area (Å²) in [6.07, 6.45) is 15.1. The van der Waals surface area contributed by atoms with E-state index in [2.05, 4.69) is 13.8 Å². The van der Waals surface area contributed by atoms with E-state index < -0.39 is 0 Å². The Morgan fingerprint density at radius 1 is 1.00 bits per heavy atom. The van der Waals surface area contributed by atoms with Gasteiger partial charge in [0.05, 0.1) is 0 Å². The predicted octanol–water partition coefficient (Wildman–Crippen LogP) is 5.42. The lowest BCUT2D eigenvalue weighted by Gasteiger charge is -2.27. The zero-order valence-electron chi connectivity index (χ0n) is 11.4. The second kappa shape index (κ2) is 6.07. The molecule has 0 aromatic rings. The Morgan fingerprint density at radius 3 is 2.44 bits per heavy atom. The quantitative estimate of drug-likeness (QED) is 0.582. The number of hydrogen-bond acceptors (Lipinski definition) is 0. The summed E-state index contributed by atoms with van der Waals surface area (Å²) in [6.45, 7) is 4.91. The molecule has 16 heavy (non-hydrogen) atoms. The van der Waals surface area contributed by atoms with Gasteiger partial charge in [-0.2, -0.15) is 0 Å². The fourth-order valence-electron chi connectivity index (χ4n) is 4.49. The maximum Gasteiger partial charge on any atom is -0.0360 e. The van der Waals surface area contributed by atoms with Crippen LogP contribution >= 0.6 is 0 Å². The summed E-state index contributed by atoms with van der Waals surface area (Å²) in [6, 6.07) is 0. The molecule has 0 aromatic heterocycles. The lowest BCUT2D eigenvalue weighted by Crippen LogP contribution is -2.18. The molecule has 0 radical (unpaired) electrons. The van der Waals surface area contributed by atoms with Gasteiger partial charge in [0.25, 0.3) is 0 Å².